The van der Waals surface area contributed by atoms with E-state index in [0.29, 0.717) is 0 Å². The Hall–Kier alpha value is 0.650. The summed E-state index contributed by atoms with van der Waals surface area (Å²) in [6.07, 6.45) is 23.7. The van der Waals surface area contributed by atoms with Crippen molar-refractivity contribution in [3.63, 3.8) is 0 Å². The number of rotatable bonds is 17. The summed E-state index contributed by atoms with van der Waals surface area (Å²) in [6, 6.07) is 0. The molecule has 1 saturated carbocycles. The fourth-order valence-corrected chi connectivity index (χ4v) is 5.01. The predicted octanol–water partition coefficient (Wildman–Crippen LogP) is 8.15. The average molecular weight is 494 g/mol. The van der Waals surface area contributed by atoms with Crippen molar-refractivity contribution in [2.24, 2.45) is 11.7 Å². The molecule has 1 fully saturated rings. The summed E-state index contributed by atoms with van der Waals surface area (Å²) < 4.78 is 7.88. The van der Waals surface area contributed by atoms with Crippen LogP contribution in [0.1, 0.15) is 129 Å². The Labute approximate surface area is 184 Å². The van der Waals surface area contributed by atoms with E-state index in [4.69, 9.17) is 10.5 Å². The second kappa shape index (κ2) is 16.4. The van der Waals surface area contributed by atoms with Gasteiger partial charge < -0.3 is 10.5 Å². The fourth-order valence-electron chi connectivity index (χ4n) is 4.47. The molecule has 0 aliphatic heterocycles. The lowest BCUT2D eigenvalue weighted by Gasteiger charge is -2.41. The average Bonchev–Trinajstić information content (AvgIpc) is 2.66. The molecule has 1 atom stereocenters. The molecular formula is C24H48INO. The first-order chi connectivity index (χ1) is 13.1. The van der Waals surface area contributed by atoms with Crippen LogP contribution in [-0.4, -0.2) is 16.3 Å². The third kappa shape index (κ3) is 12.7. The summed E-state index contributed by atoms with van der Waals surface area (Å²) in [5.41, 5.74) is 6.49. The van der Waals surface area contributed by atoms with Gasteiger partial charge in [-0.15, -0.1) is 0 Å². The van der Waals surface area contributed by atoms with E-state index in [9.17, 15) is 0 Å². The Bertz CT molecular complexity index is 328. The molecule has 0 heterocycles. The first-order valence-electron chi connectivity index (χ1n) is 12.1. The van der Waals surface area contributed by atoms with Crippen molar-refractivity contribution in [1.82, 2.24) is 0 Å². The van der Waals surface area contributed by atoms with Gasteiger partial charge in [-0.1, -0.05) is 101 Å². The minimum Gasteiger partial charge on any atom is -0.357 e. The van der Waals surface area contributed by atoms with E-state index in [1.165, 1.54) is 114 Å². The van der Waals surface area contributed by atoms with Gasteiger partial charge in [0.1, 0.15) is 6.23 Å². The largest absolute Gasteiger partial charge is 0.357 e. The Kier molecular flexibility index (Phi) is 15.6. The Morgan fingerprint density at radius 2 is 1.44 bits per heavy atom. The van der Waals surface area contributed by atoms with E-state index in [0.717, 1.165) is 12.3 Å². The van der Waals surface area contributed by atoms with Crippen LogP contribution in [0.3, 0.4) is 0 Å². The standard InChI is InChI=1S/C24H48INO/c1-3-4-5-12-15-23(26)27-24(19-16-22(2)17-20-24)18-13-10-8-6-7-9-11-14-21-25/h22-23H,3-21,26H2,1-2H3. The lowest BCUT2D eigenvalue weighted by molar-refractivity contribution is -0.125. The van der Waals surface area contributed by atoms with Gasteiger partial charge in [0.25, 0.3) is 0 Å². The first-order valence-corrected chi connectivity index (χ1v) is 13.6. The lowest BCUT2D eigenvalue weighted by atomic mass is 9.76. The summed E-state index contributed by atoms with van der Waals surface area (Å²) in [7, 11) is 0. The highest BCUT2D eigenvalue weighted by molar-refractivity contribution is 14.1. The van der Waals surface area contributed by atoms with Gasteiger partial charge in [-0.25, -0.2) is 0 Å². The van der Waals surface area contributed by atoms with Gasteiger partial charge in [-0.05, 0) is 61.7 Å². The van der Waals surface area contributed by atoms with Crippen molar-refractivity contribution in [2.45, 2.75) is 141 Å². The summed E-state index contributed by atoms with van der Waals surface area (Å²) in [6.45, 7) is 4.66. The molecule has 0 amide bonds. The van der Waals surface area contributed by atoms with E-state index >= 15 is 0 Å². The molecule has 2 N–H and O–H groups in total. The van der Waals surface area contributed by atoms with Gasteiger partial charge in [-0.2, -0.15) is 0 Å². The molecule has 1 unspecified atom stereocenters. The molecule has 0 aromatic rings. The van der Waals surface area contributed by atoms with Gasteiger partial charge >= 0.3 is 0 Å². The van der Waals surface area contributed by atoms with Crippen LogP contribution in [0.4, 0.5) is 0 Å². The molecule has 0 spiro atoms. The van der Waals surface area contributed by atoms with E-state index in [1.54, 1.807) is 0 Å². The van der Waals surface area contributed by atoms with Crippen molar-refractivity contribution >= 4 is 22.6 Å². The second-order valence-corrected chi connectivity index (χ2v) is 10.2. The highest BCUT2D eigenvalue weighted by Crippen LogP contribution is 2.39. The summed E-state index contributed by atoms with van der Waals surface area (Å²) in [4.78, 5) is 0. The molecule has 27 heavy (non-hydrogen) atoms. The summed E-state index contributed by atoms with van der Waals surface area (Å²) in [5, 5.41) is 0. The van der Waals surface area contributed by atoms with Crippen LogP contribution in [0.15, 0.2) is 0 Å². The molecule has 0 aromatic heterocycles. The van der Waals surface area contributed by atoms with Crippen LogP contribution < -0.4 is 5.73 Å². The number of alkyl halides is 1. The number of halogens is 1. The van der Waals surface area contributed by atoms with E-state index < -0.39 is 0 Å². The highest BCUT2D eigenvalue weighted by Gasteiger charge is 2.36. The Balaban J connectivity index is 2.25. The van der Waals surface area contributed by atoms with Crippen molar-refractivity contribution in [2.75, 3.05) is 4.43 Å². The maximum Gasteiger partial charge on any atom is 0.106 e. The molecule has 0 saturated heterocycles. The van der Waals surface area contributed by atoms with Crippen LogP contribution >= 0.6 is 22.6 Å². The van der Waals surface area contributed by atoms with Crippen molar-refractivity contribution in [3.05, 3.63) is 0 Å². The molecule has 3 heteroatoms. The minimum absolute atomic E-state index is 0.0480. The molecule has 2 nitrogen and oxygen atoms in total. The Morgan fingerprint density at radius 3 is 2.04 bits per heavy atom. The third-order valence-electron chi connectivity index (χ3n) is 6.45. The maximum atomic E-state index is 6.56. The van der Waals surface area contributed by atoms with Crippen LogP contribution in [-0.2, 0) is 4.74 Å². The normalized spacial score (nSPS) is 24.2. The molecule has 0 bridgehead atoms. The molecule has 0 aromatic carbocycles. The number of ether oxygens (including phenoxy) is 1. The van der Waals surface area contributed by atoms with Crippen molar-refractivity contribution in [3.8, 4) is 0 Å². The second-order valence-electron chi connectivity index (χ2n) is 9.14. The zero-order chi connectivity index (χ0) is 19.8. The van der Waals surface area contributed by atoms with Crippen molar-refractivity contribution < 1.29 is 4.74 Å². The molecule has 1 rings (SSSR count). The number of unbranched alkanes of at least 4 members (excludes halogenated alkanes) is 10. The van der Waals surface area contributed by atoms with E-state index in [-0.39, 0.29) is 11.8 Å². The zero-order valence-electron chi connectivity index (χ0n) is 18.5. The SMILES string of the molecule is CCCCCCC(N)OC1(CCCCCCCCCCI)CCC(C)CC1. The highest BCUT2D eigenvalue weighted by atomic mass is 127. The minimum atomic E-state index is -0.0480. The molecule has 0 radical (unpaired) electrons. The number of hydrogen-bond acceptors (Lipinski definition) is 2. The molecular weight excluding hydrogens is 445 g/mol. The maximum absolute atomic E-state index is 6.56. The Morgan fingerprint density at radius 1 is 0.889 bits per heavy atom. The molecule has 1 aliphatic rings. The van der Waals surface area contributed by atoms with Gasteiger partial charge in [-0.3, -0.25) is 0 Å². The van der Waals surface area contributed by atoms with Crippen LogP contribution in [0, 0.1) is 5.92 Å². The van der Waals surface area contributed by atoms with Gasteiger partial charge in [0.05, 0.1) is 5.60 Å². The van der Waals surface area contributed by atoms with E-state index in [2.05, 4.69) is 36.4 Å². The topological polar surface area (TPSA) is 35.2 Å². The molecule has 1 aliphatic carbocycles. The quantitative estimate of drug-likeness (QED) is 0.0960. The van der Waals surface area contributed by atoms with Crippen LogP contribution in [0.2, 0.25) is 0 Å². The van der Waals surface area contributed by atoms with Gasteiger partial charge in [0.15, 0.2) is 0 Å². The lowest BCUT2D eigenvalue weighted by Crippen LogP contribution is -2.43. The monoisotopic (exact) mass is 493 g/mol. The zero-order valence-corrected chi connectivity index (χ0v) is 20.6. The van der Waals surface area contributed by atoms with Crippen LogP contribution in [0.25, 0.3) is 0 Å². The van der Waals surface area contributed by atoms with Crippen molar-refractivity contribution in [1.29, 1.82) is 0 Å². The summed E-state index contributed by atoms with van der Waals surface area (Å²) >= 11 is 2.49. The third-order valence-corrected chi connectivity index (χ3v) is 7.21. The first kappa shape index (κ1) is 25.7. The number of nitrogens with two attached hydrogens (primary N) is 1. The fraction of sp³-hybridized carbons (Fsp3) is 1.00. The smallest absolute Gasteiger partial charge is 0.106 e. The van der Waals surface area contributed by atoms with Crippen LogP contribution in [0.5, 0.6) is 0 Å². The molecule has 162 valence electrons. The summed E-state index contributed by atoms with van der Waals surface area (Å²) in [5.74, 6) is 0.866. The predicted molar refractivity (Wildman–Crippen MR) is 129 cm³/mol. The van der Waals surface area contributed by atoms with E-state index in [1.807, 2.05) is 0 Å². The number of hydrogen-bond donors (Lipinski definition) is 1. The van der Waals surface area contributed by atoms with Gasteiger partial charge in [0.2, 0.25) is 0 Å². The van der Waals surface area contributed by atoms with Gasteiger partial charge in [0, 0.05) is 0 Å².